The molecule has 1 fully saturated rings. The first-order valence-electron chi connectivity index (χ1n) is 7.71. The van der Waals surface area contributed by atoms with Gasteiger partial charge in [-0.2, -0.15) is 13.2 Å². The molecule has 1 N–H and O–H groups in total. The topological polar surface area (TPSA) is 12.0 Å². The zero-order valence-corrected chi connectivity index (χ0v) is 12.8. The van der Waals surface area contributed by atoms with Gasteiger partial charge in [-0.3, -0.25) is 0 Å². The number of halogens is 3. The van der Waals surface area contributed by atoms with Crippen molar-refractivity contribution in [1.82, 2.24) is 5.32 Å². The second-order valence-corrected chi connectivity index (χ2v) is 6.59. The van der Waals surface area contributed by atoms with Gasteiger partial charge in [-0.15, -0.1) is 0 Å². The molecule has 1 atom stereocenters. The molecule has 1 aromatic rings. The van der Waals surface area contributed by atoms with Gasteiger partial charge in [0.05, 0.1) is 5.56 Å². The van der Waals surface area contributed by atoms with Gasteiger partial charge in [0, 0.05) is 12.6 Å². The average molecular weight is 299 g/mol. The fourth-order valence-corrected chi connectivity index (χ4v) is 3.06. The standard InChI is InChI=1S/C17H24F3N/c1-13(21-12-16(2)10-4-3-5-11-16)14-6-8-15(9-7-14)17(18,19)20/h6-9,13,21H,3-5,10-12H2,1-2H3. The summed E-state index contributed by atoms with van der Waals surface area (Å²) >= 11 is 0. The van der Waals surface area contributed by atoms with Gasteiger partial charge in [-0.25, -0.2) is 0 Å². The highest BCUT2D eigenvalue weighted by atomic mass is 19.4. The smallest absolute Gasteiger partial charge is 0.310 e. The molecule has 0 saturated heterocycles. The Bertz CT molecular complexity index is 444. The summed E-state index contributed by atoms with van der Waals surface area (Å²) in [6.07, 6.45) is 2.11. The molecule has 4 heteroatoms. The van der Waals surface area contributed by atoms with Crippen molar-refractivity contribution in [2.45, 2.75) is 58.2 Å². The summed E-state index contributed by atoms with van der Waals surface area (Å²) in [6.45, 7) is 5.24. The van der Waals surface area contributed by atoms with E-state index in [2.05, 4.69) is 12.2 Å². The summed E-state index contributed by atoms with van der Waals surface area (Å²) in [7, 11) is 0. The third-order valence-corrected chi connectivity index (χ3v) is 4.63. The minimum absolute atomic E-state index is 0.0750. The number of alkyl halides is 3. The highest BCUT2D eigenvalue weighted by Gasteiger charge is 2.30. The van der Waals surface area contributed by atoms with Crippen molar-refractivity contribution in [1.29, 1.82) is 0 Å². The molecule has 0 aliphatic heterocycles. The highest BCUT2D eigenvalue weighted by molar-refractivity contribution is 5.26. The maximum Gasteiger partial charge on any atom is 0.416 e. The van der Waals surface area contributed by atoms with Crippen molar-refractivity contribution in [2.24, 2.45) is 5.41 Å². The molecule has 1 aromatic carbocycles. The lowest BCUT2D eigenvalue weighted by Crippen LogP contribution is -2.35. The van der Waals surface area contributed by atoms with Crippen LogP contribution in [0.1, 0.15) is 63.1 Å². The van der Waals surface area contributed by atoms with Crippen LogP contribution in [0, 0.1) is 5.41 Å². The molecule has 21 heavy (non-hydrogen) atoms. The molecule has 0 amide bonds. The van der Waals surface area contributed by atoms with Crippen molar-refractivity contribution in [3.63, 3.8) is 0 Å². The second kappa shape index (κ2) is 6.39. The van der Waals surface area contributed by atoms with Crippen molar-refractivity contribution in [2.75, 3.05) is 6.54 Å². The summed E-state index contributed by atoms with van der Waals surface area (Å²) in [5.41, 5.74) is 0.651. The summed E-state index contributed by atoms with van der Waals surface area (Å²) in [6, 6.07) is 5.55. The number of hydrogen-bond donors (Lipinski definition) is 1. The van der Waals surface area contributed by atoms with Crippen molar-refractivity contribution in [3.05, 3.63) is 35.4 Å². The van der Waals surface area contributed by atoms with Gasteiger partial charge >= 0.3 is 6.18 Å². The predicted octanol–water partition coefficient (Wildman–Crippen LogP) is 5.33. The van der Waals surface area contributed by atoms with Gasteiger partial charge in [-0.05, 0) is 42.9 Å². The third-order valence-electron chi connectivity index (χ3n) is 4.63. The zero-order chi connectivity index (χ0) is 15.5. The largest absolute Gasteiger partial charge is 0.416 e. The molecule has 0 radical (unpaired) electrons. The number of benzene rings is 1. The van der Waals surface area contributed by atoms with E-state index in [1.54, 1.807) is 12.1 Å². The molecule has 1 nitrogen and oxygen atoms in total. The van der Waals surface area contributed by atoms with Crippen LogP contribution >= 0.6 is 0 Å². The van der Waals surface area contributed by atoms with Crippen LogP contribution in [0.5, 0.6) is 0 Å². The fourth-order valence-electron chi connectivity index (χ4n) is 3.06. The van der Waals surface area contributed by atoms with E-state index >= 15 is 0 Å². The lowest BCUT2D eigenvalue weighted by atomic mass is 9.75. The molecule has 0 spiro atoms. The summed E-state index contributed by atoms with van der Waals surface area (Å²) in [5.74, 6) is 0. The Hall–Kier alpha value is -1.03. The van der Waals surface area contributed by atoms with Crippen LogP contribution in [-0.4, -0.2) is 6.54 Å². The molecule has 1 unspecified atom stereocenters. The molecular weight excluding hydrogens is 275 g/mol. The monoisotopic (exact) mass is 299 g/mol. The Labute approximate surface area is 124 Å². The average Bonchev–Trinajstić information content (AvgIpc) is 2.45. The molecule has 1 saturated carbocycles. The Morgan fingerprint density at radius 2 is 1.67 bits per heavy atom. The number of rotatable bonds is 4. The van der Waals surface area contributed by atoms with Crippen LogP contribution in [0.25, 0.3) is 0 Å². The van der Waals surface area contributed by atoms with E-state index in [9.17, 15) is 13.2 Å². The van der Waals surface area contributed by atoms with Crippen molar-refractivity contribution < 1.29 is 13.2 Å². The molecule has 1 aliphatic rings. The number of hydrogen-bond acceptors (Lipinski definition) is 1. The molecule has 2 rings (SSSR count). The van der Waals surface area contributed by atoms with Gasteiger partial charge in [0.1, 0.15) is 0 Å². The fraction of sp³-hybridized carbons (Fsp3) is 0.647. The van der Waals surface area contributed by atoms with Gasteiger partial charge < -0.3 is 5.32 Å². The number of nitrogens with one attached hydrogen (secondary N) is 1. The lowest BCUT2D eigenvalue weighted by Gasteiger charge is -2.35. The molecule has 0 bridgehead atoms. The van der Waals surface area contributed by atoms with E-state index in [0.717, 1.165) is 24.2 Å². The first-order chi connectivity index (χ1) is 9.80. The van der Waals surface area contributed by atoms with Crippen LogP contribution in [0.3, 0.4) is 0 Å². The third kappa shape index (κ3) is 4.47. The van der Waals surface area contributed by atoms with Crippen LogP contribution in [-0.2, 0) is 6.18 Å². The Balaban J connectivity index is 1.92. The van der Waals surface area contributed by atoms with Gasteiger partial charge in [0.2, 0.25) is 0 Å². The van der Waals surface area contributed by atoms with E-state index in [1.165, 1.54) is 32.1 Å². The Kier molecular flexibility index (Phi) is 4.97. The van der Waals surface area contributed by atoms with Crippen LogP contribution in [0.4, 0.5) is 13.2 Å². The first-order valence-corrected chi connectivity index (χ1v) is 7.71. The van der Waals surface area contributed by atoms with Crippen molar-refractivity contribution >= 4 is 0 Å². The van der Waals surface area contributed by atoms with E-state index in [4.69, 9.17) is 0 Å². The van der Waals surface area contributed by atoms with E-state index < -0.39 is 11.7 Å². The second-order valence-electron chi connectivity index (χ2n) is 6.59. The first kappa shape index (κ1) is 16.3. The Morgan fingerprint density at radius 3 is 2.19 bits per heavy atom. The minimum Gasteiger partial charge on any atom is -0.310 e. The predicted molar refractivity (Wildman–Crippen MR) is 79.1 cm³/mol. The van der Waals surface area contributed by atoms with E-state index in [1.807, 2.05) is 6.92 Å². The van der Waals surface area contributed by atoms with Crippen LogP contribution < -0.4 is 5.32 Å². The van der Waals surface area contributed by atoms with E-state index in [0.29, 0.717) is 5.41 Å². The lowest BCUT2D eigenvalue weighted by molar-refractivity contribution is -0.137. The maximum absolute atomic E-state index is 12.5. The highest BCUT2D eigenvalue weighted by Crippen LogP contribution is 2.35. The van der Waals surface area contributed by atoms with Crippen LogP contribution in [0.15, 0.2) is 24.3 Å². The van der Waals surface area contributed by atoms with Gasteiger partial charge in [0.25, 0.3) is 0 Å². The van der Waals surface area contributed by atoms with Crippen LogP contribution in [0.2, 0.25) is 0 Å². The van der Waals surface area contributed by atoms with Gasteiger partial charge in [-0.1, -0.05) is 38.3 Å². The molecule has 1 aliphatic carbocycles. The quantitative estimate of drug-likeness (QED) is 0.792. The summed E-state index contributed by atoms with van der Waals surface area (Å²) < 4.78 is 37.6. The molecule has 0 heterocycles. The minimum atomic E-state index is -4.26. The zero-order valence-electron chi connectivity index (χ0n) is 12.8. The van der Waals surface area contributed by atoms with Gasteiger partial charge in [0.15, 0.2) is 0 Å². The summed E-state index contributed by atoms with van der Waals surface area (Å²) in [5, 5.41) is 3.49. The van der Waals surface area contributed by atoms with E-state index in [-0.39, 0.29) is 6.04 Å². The molecule has 0 aromatic heterocycles. The maximum atomic E-state index is 12.5. The summed E-state index contributed by atoms with van der Waals surface area (Å²) in [4.78, 5) is 0. The van der Waals surface area contributed by atoms with Crippen molar-refractivity contribution in [3.8, 4) is 0 Å². The Morgan fingerprint density at radius 1 is 1.10 bits per heavy atom. The molecular formula is C17H24F3N. The normalized spacial score (nSPS) is 20.2. The SMILES string of the molecule is CC(NCC1(C)CCCCC1)c1ccc(C(F)(F)F)cc1. The molecule has 118 valence electrons.